The van der Waals surface area contributed by atoms with Gasteiger partial charge in [-0.3, -0.25) is 0 Å². The molecule has 0 amide bonds. The molecule has 0 spiro atoms. The molecule has 0 unspecified atom stereocenters. The summed E-state index contributed by atoms with van der Waals surface area (Å²) in [6.45, 7) is 2.21. The lowest BCUT2D eigenvalue weighted by Crippen LogP contribution is -2.41. The second-order valence-electron chi connectivity index (χ2n) is 5.86. The first-order valence-corrected chi connectivity index (χ1v) is 7.45. The van der Waals surface area contributed by atoms with Crippen molar-refractivity contribution in [1.29, 1.82) is 0 Å². The maximum absolute atomic E-state index is 14.0. The van der Waals surface area contributed by atoms with Crippen molar-refractivity contribution in [2.24, 2.45) is 11.7 Å². The Morgan fingerprint density at radius 2 is 2.10 bits per heavy atom. The second-order valence-corrected chi connectivity index (χ2v) is 6.27. The van der Waals surface area contributed by atoms with Gasteiger partial charge in [0.2, 0.25) is 0 Å². The molecule has 0 saturated heterocycles. The molecule has 4 nitrogen and oxygen atoms in total. The molecule has 1 aliphatic carbocycles. The van der Waals surface area contributed by atoms with Gasteiger partial charge in [-0.1, -0.05) is 29.7 Å². The van der Waals surface area contributed by atoms with E-state index in [9.17, 15) is 4.39 Å². The lowest BCUT2D eigenvalue weighted by atomic mass is 9.77. The lowest BCUT2D eigenvalue weighted by Gasteiger charge is -2.33. The first kappa shape index (κ1) is 14.5. The molecule has 6 heteroatoms. The van der Waals surface area contributed by atoms with E-state index in [0.717, 1.165) is 25.7 Å². The molecule has 2 N–H and O–H groups in total. The van der Waals surface area contributed by atoms with Crippen molar-refractivity contribution in [2.75, 3.05) is 0 Å². The van der Waals surface area contributed by atoms with Crippen molar-refractivity contribution in [3.8, 4) is 11.5 Å². The maximum Gasteiger partial charge on any atom is 0.261 e. The molecule has 2 aromatic rings. The van der Waals surface area contributed by atoms with Gasteiger partial charge >= 0.3 is 0 Å². The fraction of sp³-hybridized carbons (Fsp3) is 0.467. The zero-order chi connectivity index (χ0) is 15.0. The van der Waals surface area contributed by atoms with E-state index in [1.165, 1.54) is 6.07 Å². The van der Waals surface area contributed by atoms with Gasteiger partial charge in [0.15, 0.2) is 11.6 Å². The molecule has 3 rings (SSSR count). The van der Waals surface area contributed by atoms with Gasteiger partial charge in [-0.05, 0) is 43.7 Å². The minimum absolute atomic E-state index is 0.0289. The van der Waals surface area contributed by atoms with Gasteiger partial charge in [-0.25, -0.2) is 4.39 Å². The summed E-state index contributed by atoms with van der Waals surface area (Å²) in [6.07, 6.45) is 3.69. The van der Waals surface area contributed by atoms with Crippen molar-refractivity contribution < 1.29 is 8.91 Å². The van der Waals surface area contributed by atoms with Crippen molar-refractivity contribution in [3.05, 3.63) is 34.9 Å². The zero-order valence-electron chi connectivity index (χ0n) is 11.8. The molecule has 1 saturated carbocycles. The Bertz CT molecular complexity index is 650. The molecule has 0 atom stereocenters. The molecular weight excluding hydrogens is 293 g/mol. The number of nitrogens with two attached hydrogens (primary N) is 1. The van der Waals surface area contributed by atoms with E-state index in [1.54, 1.807) is 12.1 Å². The average molecular weight is 310 g/mol. The summed E-state index contributed by atoms with van der Waals surface area (Å²) in [6, 6.07) is 4.68. The van der Waals surface area contributed by atoms with E-state index in [2.05, 4.69) is 17.1 Å². The Hall–Kier alpha value is -1.46. The molecular formula is C15H17ClFN3O. The van der Waals surface area contributed by atoms with E-state index in [-0.39, 0.29) is 16.5 Å². The Balaban J connectivity index is 1.92. The molecule has 1 aromatic carbocycles. The highest BCUT2D eigenvalue weighted by molar-refractivity contribution is 6.31. The largest absolute Gasteiger partial charge is 0.334 e. The SMILES string of the molecule is CC1CCC(N)(c2noc(-c3cccc(Cl)c3F)n2)CC1. The van der Waals surface area contributed by atoms with Crippen molar-refractivity contribution in [1.82, 2.24) is 10.1 Å². The summed E-state index contributed by atoms with van der Waals surface area (Å²) >= 11 is 5.77. The Kier molecular flexibility index (Phi) is 3.71. The van der Waals surface area contributed by atoms with E-state index >= 15 is 0 Å². The predicted octanol–water partition coefficient (Wildman–Crippen LogP) is 3.89. The van der Waals surface area contributed by atoms with Crippen LogP contribution in [0.4, 0.5) is 4.39 Å². The third-order valence-corrected chi connectivity index (χ3v) is 4.51. The van der Waals surface area contributed by atoms with Crippen LogP contribution in [0.1, 0.15) is 38.4 Å². The third kappa shape index (κ3) is 2.68. The second kappa shape index (κ2) is 5.39. The van der Waals surface area contributed by atoms with Crippen LogP contribution in [0.3, 0.4) is 0 Å². The summed E-state index contributed by atoms with van der Waals surface area (Å²) in [5, 5.41) is 3.99. The highest BCUT2D eigenvalue weighted by atomic mass is 35.5. The smallest absolute Gasteiger partial charge is 0.261 e. The molecule has 0 radical (unpaired) electrons. The summed E-state index contributed by atoms with van der Waals surface area (Å²) in [7, 11) is 0. The molecule has 1 heterocycles. The van der Waals surface area contributed by atoms with Crippen molar-refractivity contribution in [2.45, 2.75) is 38.1 Å². The summed E-state index contributed by atoms with van der Waals surface area (Å²) in [4.78, 5) is 4.30. The number of benzene rings is 1. The van der Waals surface area contributed by atoms with Crippen LogP contribution in [0.25, 0.3) is 11.5 Å². The summed E-state index contributed by atoms with van der Waals surface area (Å²) < 4.78 is 19.2. The van der Waals surface area contributed by atoms with Crippen LogP contribution in [-0.4, -0.2) is 10.1 Å². The topological polar surface area (TPSA) is 64.9 Å². The van der Waals surface area contributed by atoms with Crippen LogP contribution in [0.2, 0.25) is 5.02 Å². The van der Waals surface area contributed by atoms with E-state index in [1.807, 2.05) is 0 Å². The van der Waals surface area contributed by atoms with Gasteiger partial charge in [-0.15, -0.1) is 0 Å². The van der Waals surface area contributed by atoms with Crippen molar-refractivity contribution in [3.63, 3.8) is 0 Å². The number of hydrogen-bond acceptors (Lipinski definition) is 4. The summed E-state index contributed by atoms with van der Waals surface area (Å²) in [5.74, 6) is 0.674. The third-order valence-electron chi connectivity index (χ3n) is 4.22. The zero-order valence-corrected chi connectivity index (χ0v) is 12.5. The van der Waals surface area contributed by atoms with Gasteiger partial charge in [0, 0.05) is 0 Å². The fourth-order valence-corrected chi connectivity index (χ4v) is 2.88. The van der Waals surface area contributed by atoms with Crippen LogP contribution in [-0.2, 0) is 5.54 Å². The number of nitrogens with zero attached hydrogens (tertiary/aromatic N) is 2. The Labute approximate surface area is 127 Å². The highest BCUT2D eigenvalue weighted by Crippen LogP contribution is 2.37. The number of hydrogen-bond donors (Lipinski definition) is 1. The molecule has 1 aromatic heterocycles. The van der Waals surface area contributed by atoms with Crippen LogP contribution >= 0.6 is 11.6 Å². The quantitative estimate of drug-likeness (QED) is 0.914. The van der Waals surface area contributed by atoms with Gasteiger partial charge in [-0.2, -0.15) is 4.98 Å². The standard InChI is InChI=1S/C15H17ClFN3O/c1-9-5-7-15(18,8-6-9)14-19-13(21-20-14)10-3-2-4-11(16)12(10)17/h2-4,9H,5-8,18H2,1H3. The Morgan fingerprint density at radius 1 is 1.38 bits per heavy atom. The number of rotatable bonds is 2. The van der Waals surface area contributed by atoms with Crippen LogP contribution < -0.4 is 5.73 Å². The monoisotopic (exact) mass is 309 g/mol. The molecule has 0 bridgehead atoms. The predicted molar refractivity (Wildman–Crippen MR) is 78.2 cm³/mol. The molecule has 112 valence electrons. The average Bonchev–Trinajstić information content (AvgIpc) is 2.96. The summed E-state index contributed by atoms with van der Waals surface area (Å²) in [5.41, 5.74) is 6.02. The van der Waals surface area contributed by atoms with E-state index < -0.39 is 11.4 Å². The van der Waals surface area contributed by atoms with Crippen LogP contribution in [0.15, 0.2) is 22.7 Å². The molecule has 1 fully saturated rings. The first-order chi connectivity index (χ1) is 9.99. The molecule has 0 aliphatic heterocycles. The van der Waals surface area contributed by atoms with E-state index in [0.29, 0.717) is 11.7 Å². The van der Waals surface area contributed by atoms with Gasteiger partial charge in [0.05, 0.1) is 16.1 Å². The van der Waals surface area contributed by atoms with Gasteiger partial charge < -0.3 is 10.3 Å². The molecule has 1 aliphatic rings. The number of aromatic nitrogens is 2. The normalized spacial score (nSPS) is 26.0. The van der Waals surface area contributed by atoms with Gasteiger partial charge in [0.1, 0.15) is 0 Å². The minimum Gasteiger partial charge on any atom is -0.334 e. The van der Waals surface area contributed by atoms with Crippen LogP contribution in [0.5, 0.6) is 0 Å². The minimum atomic E-state index is -0.580. The van der Waals surface area contributed by atoms with Crippen molar-refractivity contribution >= 4 is 11.6 Å². The van der Waals surface area contributed by atoms with E-state index in [4.69, 9.17) is 21.9 Å². The highest BCUT2D eigenvalue weighted by Gasteiger charge is 2.36. The first-order valence-electron chi connectivity index (χ1n) is 7.07. The number of halogens is 2. The lowest BCUT2D eigenvalue weighted by molar-refractivity contribution is 0.230. The maximum atomic E-state index is 14.0. The van der Waals surface area contributed by atoms with Crippen LogP contribution in [0, 0.1) is 11.7 Å². The van der Waals surface area contributed by atoms with Gasteiger partial charge in [0.25, 0.3) is 5.89 Å². The molecule has 21 heavy (non-hydrogen) atoms. The Morgan fingerprint density at radius 3 is 2.81 bits per heavy atom. The fourth-order valence-electron chi connectivity index (χ4n) is 2.70.